The zero-order valence-corrected chi connectivity index (χ0v) is 8.92. The molecule has 0 unspecified atom stereocenters. The molecule has 0 amide bonds. The van der Waals surface area contributed by atoms with E-state index in [-0.39, 0.29) is 0 Å². The van der Waals surface area contributed by atoms with Crippen molar-refractivity contribution in [2.45, 2.75) is 45.1 Å². The molecular weight excluding hydrogens is 170 g/mol. The molecular formula is C13H19N. The van der Waals surface area contributed by atoms with Gasteiger partial charge in [-0.25, -0.2) is 0 Å². The monoisotopic (exact) mass is 189 g/mol. The Hall–Kier alpha value is -0.980. The second-order valence-corrected chi connectivity index (χ2v) is 4.35. The minimum Gasteiger partial charge on any atom is -0.382 e. The molecule has 0 atom stereocenters. The Labute approximate surface area is 86.5 Å². The summed E-state index contributed by atoms with van der Waals surface area (Å²) >= 11 is 0. The standard InChI is InChI=1S/C13H19N/c1-11-6-5-9-13(10-11)14-12-7-3-2-4-8-12/h5-6,9-10,12,14H,2-4,7-8H2,1H3. The average molecular weight is 189 g/mol. The summed E-state index contributed by atoms with van der Waals surface area (Å²) in [4.78, 5) is 0. The SMILES string of the molecule is Cc1cccc(NC2CCCCC2)c1. The van der Waals surface area contributed by atoms with Crippen LogP contribution in [0.1, 0.15) is 37.7 Å². The molecule has 1 aromatic carbocycles. The summed E-state index contributed by atoms with van der Waals surface area (Å²) < 4.78 is 0. The molecule has 0 radical (unpaired) electrons. The Morgan fingerprint density at radius 2 is 1.93 bits per heavy atom. The van der Waals surface area contributed by atoms with Crippen LogP contribution < -0.4 is 5.32 Å². The lowest BCUT2D eigenvalue weighted by Crippen LogP contribution is -2.22. The second-order valence-electron chi connectivity index (χ2n) is 4.35. The van der Waals surface area contributed by atoms with Crippen LogP contribution in [0.4, 0.5) is 5.69 Å². The van der Waals surface area contributed by atoms with Gasteiger partial charge in [-0.05, 0) is 37.5 Å². The molecule has 1 nitrogen and oxygen atoms in total. The van der Waals surface area contributed by atoms with Crippen molar-refractivity contribution in [3.05, 3.63) is 29.8 Å². The van der Waals surface area contributed by atoms with Gasteiger partial charge in [-0.3, -0.25) is 0 Å². The molecule has 1 aromatic rings. The first kappa shape index (κ1) is 9.57. The molecule has 76 valence electrons. The molecule has 0 saturated heterocycles. The Kier molecular flexibility index (Phi) is 3.07. The van der Waals surface area contributed by atoms with Crippen molar-refractivity contribution < 1.29 is 0 Å². The van der Waals surface area contributed by atoms with Crippen LogP contribution in [-0.4, -0.2) is 6.04 Å². The summed E-state index contributed by atoms with van der Waals surface area (Å²) in [5.74, 6) is 0. The van der Waals surface area contributed by atoms with Gasteiger partial charge in [0.25, 0.3) is 0 Å². The minimum atomic E-state index is 0.713. The third-order valence-corrected chi connectivity index (χ3v) is 2.99. The van der Waals surface area contributed by atoms with Gasteiger partial charge in [-0.1, -0.05) is 31.4 Å². The van der Waals surface area contributed by atoms with E-state index >= 15 is 0 Å². The van der Waals surface area contributed by atoms with Gasteiger partial charge in [-0.2, -0.15) is 0 Å². The number of nitrogens with one attached hydrogen (secondary N) is 1. The van der Waals surface area contributed by atoms with Crippen LogP contribution in [0.3, 0.4) is 0 Å². The largest absolute Gasteiger partial charge is 0.382 e. The molecule has 1 saturated carbocycles. The number of benzene rings is 1. The van der Waals surface area contributed by atoms with Gasteiger partial charge in [0.2, 0.25) is 0 Å². The Morgan fingerprint density at radius 1 is 1.14 bits per heavy atom. The van der Waals surface area contributed by atoms with Gasteiger partial charge in [0.05, 0.1) is 0 Å². The first-order valence-corrected chi connectivity index (χ1v) is 5.68. The lowest BCUT2D eigenvalue weighted by atomic mass is 9.95. The van der Waals surface area contributed by atoms with Crippen molar-refractivity contribution in [2.24, 2.45) is 0 Å². The molecule has 0 bridgehead atoms. The molecule has 1 fully saturated rings. The van der Waals surface area contributed by atoms with Crippen molar-refractivity contribution in [1.29, 1.82) is 0 Å². The number of hydrogen-bond donors (Lipinski definition) is 1. The lowest BCUT2D eigenvalue weighted by Gasteiger charge is -2.23. The highest BCUT2D eigenvalue weighted by Crippen LogP contribution is 2.21. The third kappa shape index (κ3) is 2.50. The van der Waals surface area contributed by atoms with E-state index in [1.165, 1.54) is 43.4 Å². The minimum absolute atomic E-state index is 0.713. The van der Waals surface area contributed by atoms with Gasteiger partial charge in [0, 0.05) is 11.7 Å². The van der Waals surface area contributed by atoms with Crippen molar-refractivity contribution in [3.63, 3.8) is 0 Å². The van der Waals surface area contributed by atoms with Crippen molar-refractivity contribution >= 4 is 5.69 Å². The van der Waals surface area contributed by atoms with E-state index in [1.54, 1.807) is 0 Å². The Morgan fingerprint density at radius 3 is 2.64 bits per heavy atom. The molecule has 0 spiro atoms. The quantitative estimate of drug-likeness (QED) is 0.747. The predicted molar refractivity (Wildman–Crippen MR) is 61.7 cm³/mol. The fourth-order valence-corrected chi connectivity index (χ4v) is 2.22. The summed E-state index contributed by atoms with van der Waals surface area (Å²) in [5.41, 5.74) is 2.63. The fraction of sp³-hybridized carbons (Fsp3) is 0.538. The molecule has 0 aromatic heterocycles. The molecule has 0 aliphatic heterocycles. The molecule has 1 heteroatoms. The maximum atomic E-state index is 3.62. The average Bonchev–Trinajstić information content (AvgIpc) is 2.19. The third-order valence-electron chi connectivity index (χ3n) is 2.99. The van der Waals surface area contributed by atoms with E-state index in [1.807, 2.05) is 0 Å². The Balaban J connectivity index is 1.95. The lowest BCUT2D eigenvalue weighted by molar-refractivity contribution is 0.463. The first-order chi connectivity index (χ1) is 6.84. The molecule has 0 heterocycles. The highest BCUT2D eigenvalue weighted by Gasteiger charge is 2.12. The van der Waals surface area contributed by atoms with Gasteiger partial charge in [0.15, 0.2) is 0 Å². The summed E-state index contributed by atoms with van der Waals surface area (Å²) in [6.07, 6.45) is 6.89. The maximum Gasteiger partial charge on any atom is 0.0344 e. The van der Waals surface area contributed by atoms with Gasteiger partial charge in [0.1, 0.15) is 0 Å². The van der Waals surface area contributed by atoms with Crippen molar-refractivity contribution in [3.8, 4) is 0 Å². The molecule has 14 heavy (non-hydrogen) atoms. The van der Waals surface area contributed by atoms with Crippen molar-refractivity contribution in [2.75, 3.05) is 5.32 Å². The van der Waals surface area contributed by atoms with E-state index in [2.05, 4.69) is 36.5 Å². The summed E-state index contributed by atoms with van der Waals surface area (Å²) in [7, 11) is 0. The zero-order chi connectivity index (χ0) is 9.80. The number of anilines is 1. The van der Waals surface area contributed by atoms with Crippen LogP contribution >= 0.6 is 0 Å². The first-order valence-electron chi connectivity index (χ1n) is 5.68. The predicted octanol–water partition coefficient (Wildman–Crippen LogP) is 3.74. The van der Waals surface area contributed by atoms with Crippen molar-refractivity contribution in [1.82, 2.24) is 0 Å². The fourth-order valence-electron chi connectivity index (χ4n) is 2.22. The smallest absolute Gasteiger partial charge is 0.0344 e. The maximum absolute atomic E-state index is 3.62. The number of aryl methyl sites for hydroxylation is 1. The highest BCUT2D eigenvalue weighted by molar-refractivity contribution is 5.46. The molecule has 2 rings (SSSR count). The Bertz CT molecular complexity index is 287. The highest BCUT2D eigenvalue weighted by atomic mass is 14.9. The molecule has 1 aliphatic rings. The van der Waals surface area contributed by atoms with Crippen LogP contribution in [0.5, 0.6) is 0 Å². The second kappa shape index (κ2) is 4.50. The van der Waals surface area contributed by atoms with E-state index < -0.39 is 0 Å². The molecule has 1 N–H and O–H groups in total. The number of rotatable bonds is 2. The van der Waals surface area contributed by atoms with E-state index in [0.717, 1.165) is 0 Å². The number of hydrogen-bond acceptors (Lipinski definition) is 1. The van der Waals surface area contributed by atoms with E-state index in [4.69, 9.17) is 0 Å². The molecule has 1 aliphatic carbocycles. The topological polar surface area (TPSA) is 12.0 Å². The van der Waals surface area contributed by atoms with E-state index in [9.17, 15) is 0 Å². The van der Waals surface area contributed by atoms with Crippen LogP contribution in [-0.2, 0) is 0 Å². The summed E-state index contributed by atoms with van der Waals surface area (Å²) in [6, 6.07) is 9.38. The van der Waals surface area contributed by atoms with Gasteiger partial charge >= 0.3 is 0 Å². The summed E-state index contributed by atoms with van der Waals surface area (Å²) in [5, 5.41) is 3.62. The zero-order valence-electron chi connectivity index (χ0n) is 8.92. The van der Waals surface area contributed by atoms with Crippen LogP contribution in [0.25, 0.3) is 0 Å². The van der Waals surface area contributed by atoms with Gasteiger partial charge < -0.3 is 5.32 Å². The van der Waals surface area contributed by atoms with Gasteiger partial charge in [-0.15, -0.1) is 0 Å². The van der Waals surface area contributed by atoms with Crippen LogP contribution in [0.2, 0.25) is 0 Å². The van der Waals surface area contributed by atoms with Crippen LogP contribution in [0.15, 0.2) is 24.3 Å². The van der Waals surface area contributed by atoms with E-state index in [0.29, 0.717) is 6.04 Å². The van der Waals surface area contributed by atoms with Crippen LogP contribution in [0, 0.1) is 6.92 Å². The summed E-state index contributed by atoms with van der Waals surface area (Å²) in [6.45, 7) is 2.14. The normalized spacial score (nSPS) is 18.1.